The van der Waals surface area contributed by atoms with Crippen LogP contribution in [0.1, 0.15) is 18.4 Å². The van der Waals surface area contributed by atoms with Crippen LogP contribution in [0.25, 0.3) is 0 Å². The Kier molecular flexibility index (Phi) is 5.68. The third kappa shape index (κ3) is 5.43. The van der Waals surface area contributed by atoms with E-state index in [9.17, 15) is 9.59 Å². The maximum absolute atomic E-state index is 11.6. The summed E-state index contributed by atoms with van der Waals surface area (Å²) in [5.41, 5.74) is 1.74. The molecule has 6 heteroatoms. The number of aromatic nitrogens is 1. The van der Waals surface area contributed by atoms with Crippen molar-refractivity contribution in [3.05, 3.63) is 54.2 Å². The molecule has 0 bridgehead atoms. The lowest BCUT2D eigenvalue weighted by molar-refractivity contribution is -0.138. The second-order valence-corrected chi connectivity index (χ2v) is 5.19. The zero-order chi connectivity index (χ0) is 16.7. The standard InChI is InChI=1S/C17H19N3O3/c1-20(12-13-5-3-2-4-6-13)15-8-7-14(11-18-15)19-16(21)9-10-17(22)23/h2-8,11H,9-10,12H2,1H3,(H,19,21)(H,22,23). The normalized spacial score (nSPS) is 10.1. The molecule has 23 heavy (non-hydrogen) atoms. The molecule has 0 unspecified atom stereocenters. The molecule has 2 aromatic rings. The Morgan fingerprint density at radius 3 is 2.48 bits per heavy atom. The number of hydrogen-bond donors (Lipinski definition) is 2. The Bertz CT molecular complexity index is 657. The van der Waals surface area contributed by atoms with E-state index in [0.29, 0.717) is 5.69 Å². The number of carboxylic acid groups (broad SMARTS) is 1. The summed E-state index contributed by atoms with van der Waals surface area (Å²) in [4.78, 5) is 28.3. The minimum absolute atomic E-state index is 0.0506. The van der Waals surface area contributed by atoms with E-state index < -0.39 is 5.97 Å². The van der Waals surface area contributed by atoms with Crippen LogP contribution in [0.4, 0.5) is 11.5 Å². The molecule has 1 aromatic heterocycles. The number of anilines is 2. The number of nitrogens with zero attached hydrogens (tertiary/aromatic N) is 2. The van der Waals surface area contributed by atoms with Gasteiger partial charge in [0.15, 0.2) is 0 Å². The Morgan fingerprint density at radius 2 is 1.87 bits per heavy atom. The first-order chi connectivity index (χ1) is 11.0. The first-order valence-electron chi connectivity index (χ1n) is 7.27. The van der Waals surface area contributed by atoms with Crippen LogP contribution in [-0.2, 0) is 16.1 Å². The van der Waals surface area contributed by atoms with Gasteiger partial charge in [-0.3, -0.25) is 9.59 Å². The highest BCUT2D eigenvalue weighted by atomic mass is 16.4. The number of amides is 1. The van der Waals surface area contributed by atoms with Crippen LogP contribution in [0.15, 0.2) is 48.7 Å². The molecule has 1 heterocycles. The van der Waals surface area contributed by atoms with Crippen LogP contribution in [0.2, 0.25) is 0 Å². The highest BCUT2D eigenvalue weighted by Gasteiger charge is 2.07. The van der Waals surface area contributed by atoms with Gasteiger partial charge in [-0.2, -0.15) is 0 Å². The van der Waals surface area contributed by atoms with Crippen LogP contribution >= 0.6 is 0 Å². The molecule has 0 spiro atoms. The largest absolute Gasteiger partial charge is 0.481 e. The fourth-order valence-electron chi connectivity index (χ4n) is 2.07. The van der Waals surface area contributed by atoms with Gasteiger partial charge >= 0.3 is 5.97 Å². The van der Waals surface area contributed by atoms with Crippen molar-refractivity contribution in [3.63, 3.8) is 0 Å². The van der Waals surface area contributed by atoms with Crippen molar-refractivity contribution >= 4 is 23.4 Å². The van der Waals surface area contributed by atoms with Crippen molar-refractivity contribution in [3.8, 4) is 0 Å². The molecule has 0 saturated carbocycles. The van der Waals surface area contributed by atoms with E-state index in [-0.39, 0.29) is 18.7 Å². The maximum atomic E-state index is 11.6. The Morgan fingerprint density at radius 1 is 1.13 bits per heavy atom. The molecule has 0 fully saturated rings. The lowest BCUT2D eigenvalue weighted by Gasteiger charge is -2.18. The summed E-state index contributed by atoms with van der Waals surface area (Å²) in [7, 11) is 1.94. The van der Waals surface area contributed by atoms with Gasteiger partial charge in [0.2, 0.25) is 5.91 Å². The van der Waals surface area contributed by atoms with Gasteiger partial charge in [-0.25, -0.2) is 4.98 Å². The first kappa shape index (κ1) is 16.5. The van der Waals surface area contributed by atoms with Gasteiger partial charge in [-0.1, -0.05) is 30.3 Å². The number of hydrogen-bond acceptors (Lipinski definition) is 4. The molecule has 0 aliphatic rings. The zero-order valence-electron chi connectivity index (χ0n) is 12.9. The summed E-state index contributed by atoms with van der Waals surface area (Å²) in [5.74, 6) is -0.534. The maximum Gasteiger partial charge on any atom is 0.303 e. The molecular weight excluding hydrogens is 294 g/mol. The molecular formula is C17H19N3O3. The van der Waals surface area contributed by atoms with Crippen LogP contribution in [0.5, 0.6) is 0 Å². The van der Waals surface area contributed by atoms with Gasteiger partial charge < -0.3 is 15.3 Å². The Labute approximate surface area is 134 Å². The van der Waals surface area contributed by atoms with E-state index in [1.807, 2.05) is 48.3 Å². The molecule has 1 amide bonds. The average Bonchev–Trinajstić information content (AvgIpc) is 2.54. The summed E-state index contributed by atoms with van der Waals surface area (Å²) in [6.07, 6.45) is 1.33. The quantitative estimate of drug-likeness (QED) is 0.821. The average molecular weight is 313 g/mol. The van der Waals surface area contributed by atoms with Crippen LogP contribution in [0, 0.1) is 0 Å². The zero-order valence-corrected chi connectivity index (χ0v) is 12.9. The van der Waals surface area contributed by atoms with E-state index in [2.05, 4.69) is 10.3 Å². The van der Waals surface area contributed by atoms with Gasteiger partial charge in [-0.05, 0) is 17.7 Å². The van der Waals surface area contributed by atoms with Gasteiger partial charge in [-0.15, -0.1) is 0 Å². The highest BCUT2D eigenvalue weighted by Crippen LogP contribution is 2.15. The monoisotopic (exact) mass is 313 g/mol. The van der Waals surface area contributed by atoms with E-state index >= 15 is 0 Å². The van der Waals surface area contributed by atoms with Crippen molar-refractivity contribution in [2.45, 2.75) is 19.4 Å². The van der Waals surface area contributed by atoms with Crippen molar-refractivity contribution in [2.24, 2.45) is 0 Å². The van der Waals surface area contributed by atoms with Gasteiger partial charge in [0.25, 0.3) is 0 Å². The number of carbonyl (C=O) groups excluding carboxylic acids is 1. The summed E-state index contributed by atoms with van der Waals surface area (Å²) < 4.78 is 0. The predicted octanol–water partition coefficient (Wildman–Crippen LogP) is 2.52. The van der Waals surface area contributed by atoms with Crippen LogP contribution in [-0.4, -0.2) is 29.0 Å². The lowest BCUT2D eigenvalue weighted by atomic mass is 10.2. The second-order valence-electron chi connectivity index (χ2n) is 5.19. The number of rotatable bonds is 7. The van der Waals surface area contributed by atoms with Gasteiger partial charge in [0.1, 0.15) is 5.82 Å². The van der Waals surface area contributed by atoms with Gasteiger partial charge in [0.05, 0.1) is 18.3 Å². The minimum atomic E-state index is -0.990. The molecule has 0 radical (unpaired) electrons. The molecule has 0 aliphatic heterocycles. The minimum Gasteiger partial charge on any atom is -0.481 e. The summed E-state index contributed by atoms with van der Waals surface area (Å²) in [6, 6.07) is 13.6. The molecule has 0 aliphatic carbocycles. The SMILES string of the molecule is CN(Cc1ccccc1)c1ccc(NC(=O)CCC(=O)O)cn1. The number of carbonyl (C=O) groups is 2. The molecule has 120 valence electrons. The van der Waals surface area contributed by atoms with Crippen molar-refractivity contribution < 1.29 is 14.7 Å². The van der Waals surface area contributed by atoms with E-state index in [0.717, 1.165) is 12.4 Å². The summed E-state index contributed by atoms with van der Waals surface area (Å²) in [6.45, 7) is 0.734. The van der Waals surface area contributed by atoms with E-state index in [1.54, 1.807) is 12.3 Å². The number of carboxylic acids is 1. The van der Waals surface area contributed by atoms with Crippen molar-refractivity contribution in [2.75, 3.05) is 17.3 Å². The van der Waals surface area contributed by atoms with Crippen LogP contribution < -0.4 is 10.2 Å². The van der Waals surface area contributed by atoms with Crippen molar-refractivity contribution in [1.29, 1.82) is 0 Å². The smallest absolute Gasteiger partial charge is 0.303 e. The van der Waals surface area contributed by atoms with Crippen LogP contribution in [0.3, 0.4) is 0 Å². The molecule has 2 N–H and O–H groups in total. The second kappa shape index (κ2) is 7.93. The lowest BCUT2D eigenvalue weighted by Crippen LogP contribution is -2.18. The molecule has 1 aromatic carbocycles. The third-order valence-corrected chi connectivity index (χ3v) is 3.25. The number of benzene rings is 1. The molecule has 6 nitrogen and oxygen atoms in total. The van der Waals surface area contributed by atoms with E-state index in [4.69, 9.17) is 5.11 Å². The third-order valence-electron chi connectivity index (χ3n) is 3.25. The molecule has 0 saturated heterocycles. The fourth-order valence-corrected chi connectivity index (χ4v) is 2.07. The highest BCUT2D eigenvalue weighted by molar-refractivity contribution is 5.92. The van der Waals surface area contributed by atoms with E-state index in [1.165, 1.54) is 5.56 Å². The summed E-state index contributed by atoms with van der Waals surface area (Å²) in [5, 5.41) is 11.2. The van der Waals surface area contributed by atoms with Gasteiger partial charge in [0, 0.05) is 20.0 Å². The van der Waals surface area contributed by atoms with Crippen molar-refractivity contribution in [1.82, 2.24) is 4.98 Å². The fraction of sp³-hybridized carbons (Fsp3) is 0.235. The number of aliphatic carboxylic acids is 1. The Balaban J connectivity index is 1.91. The molecule has 2 rings (SSSR count). The predicted molar refractivity (Wildman–Crippen MR) is 88.3 cm³/mol. The summed E-state index contributed by atoms with van der Waals surface area (Å²) >= 11 is 0. The molecule has 0 atom stereocenters. The first-order valence-corrected chi connectivity index (χ1v) is 7.27. The number of nitrogens with one attached hydrogen (secondary N) is 1. The topological polar surface area (TPSA) is 82.5 Å². The number of pyridine rings is 1. The Hall–Kier alpha value is -2.89.